The van der Waals surface area contributed by atoms with Gasteiger partial charge in [0.1, 0.15) is 0 Å². The molecule has 0 N–H and O–H groups in total. The van der Waals surface area contributed by atoms with E-state index in [9.17, 15) is 8.78 Å². The summed E-state index contributed by atoms with van der Waals surface area (Å²) in [5.74, 6) is -2.67. The van der Waals surface area contributed by atoms with Crippen molar-refractivity contribution in [2.24, 2.45) is 0 Å². The summed E-state index contributed by atoms with van der Waals surface area (Å²) in [7, 11) is 0. The Morgan fingerprint density at radius 2 is 2.00 bits per heavy atom. The van der Waals surface area contributed by atoms with Gasteiger partial charge in [0, 0.05) is 12.0 Å². The van der Waals surface area contributed by atoms with Crippen LogP contribution in [0.3, 0.4) is 0 Å². The van der Waals surface area contributed by atoms with Crippen LogP contribution in [-0.4, -0.2) is 0 Å². The molecule has 1 rings (SSSR count). The maximum atomic E-state index is 13.1. The van der Waals surface area contributed by atoms with Crippen molar-refractivity contribution in [1.82, 2.24) is 0 Å². The lowest BCUT2D eigenvalue weighted by Gasteiger charge is -2.14. The van der Waals surface area contributed by atoms with E-state index in [0.717, 1.165) is 5.56 Å². The van der Waals surface area contributed by atoms with E-state index in [2.05, 4.69) is 0 Å². The van der Waals surface area contributed by atoms with E-state index in [4.69, 9.17) is 0 Å². The van der Waals surface area contributed by atoms with Gasteiger partial charge in [0.15, 0.2) is 0 Å². The molecular formula is C10H12F2. The summed E-state index contributed by atoms with van der Waals surface area (Å²) in [5.41, 5.74) is 0.991. The molecular weight excluding hydrogens is 158 g/mol. The highest BCUT2D eigenvalue weighted by molar-refractivity contribution is 5.25. The molecule has 1 aromatic carbocycles. The Hall–Kier alpha value is -0.920. The molecule has 0 unspecified atom stereocenters. The standard InChI is InChI=1S/C10H12F2/c1-3-10(11,12)9-6-4-5-8(2)7-9/h4-7H,3H2,1-2H3. The van der Waals surface area contributed by atoms with Gasteiger partial charge in [0.05, 0.1) is 0 Å². The zero-order valence-corrected chi connectivity index (χ0v) is 7.27. The van der Waals surface area contributed by atoms with Gasteiger partial charge in [-0.3, -0.25) is 0 Å². The molecule has 0 spiro atoms. The van der Waals surface area contributed by atoms with Gasteiger partial charge in [-0.1, -0.05) is 36.8 Å². The van der Waals surface area contributed by atoms with Crippen molar-refractivity contribution in [2.75, 3.05) is 0 Å². The Kier molecular flexibility index (Phi) is 2.46. The maximum Gasteiger partial charge on any atom is 0.273 e. The van der Waals surface area contributed by atoms with Crippen LogP contribution in [0.5, 0.6) is 0 Å². The van der Waals surface area contributed by atoms with Crippen LogP contribution in [0.15, 0.2) is 24.3 Å². The fraction of sp³-hybridized carbons (Fsp3) is 0.400. The molecule has 0 aliphatic carbocycles. The molecule has 0 aromatic heterocycles. The van der Waals surface area contributed by atoms with Crippen LogP contribution in [-0.2, 0) is 5.92 Å². The van der Waals surface area contributed by atoms with Gasteiger partial charge in [0.25, 0.3) is 5.92 Å². The third-order valence-corrected chi connectivity index (χ3v) is 1.88. The van der Waals surface area contributed by atoms with Gasteiger partial charge >= 0.3 is 0 Å². The summed E-state index contributed by atoms with van der Waals surface area (Å²) >= 11 is 0. The minimum atomic E-state index is -2.67. The molecule has 0 nitrogen and oxygen atoms in total. The minimum absolute atomic E-state index is 0.116. The number of benzene rings is 1. The highest BCUT2D eigenvalue weighted by atomic mass is 19.3. The number of hydrogen-bond donors (Lipinski definition) is 0. The van der Waals surface area contributed by atoms with E-state index in [1.807, 2.05) is 13.0 Å². The van der Waals surface area contributed by atoms with Crippen LogP contribution in [0.25, 0.3) is 0 Å². The van der Waals surface area contributed by atoms with Crippen molar-refractivity contribution in [3.05, 3.63) is 35.4 Å². The lowest BCUT2D eigenvalue weighted by molar-refractivity contribution is -0.00833. The number of alkyl halides is 2. The molecule has 0 amide bonds. The molecule has 0 atom stereocenters. The fourth-order valence-electron chi connectivity index (χ4n) is 1.08. The van der Waals surface area contributed by atoms with Crippen LogP contribution in [0.2, 0.25) is 0 Å². The number of halogens is 2. The van der Waals surface area contributed by atoms with Gasteiger partial charge < -0.3 is 0 Å². The number of aryl methyl sites for hydroxylation is 1. The molecule has 66 valence electrons. The summed E-state index contributed by atoms with van der Waals surface area (Å²) < 4.78 is 26.1. The second-order valence-electron chi connectivity index (χ2n) is 2.93. The second-order valence-corrected chi connectivity index (χ2v) is 2.93. The van der Waals surface area contributed by atoms with Crippen molar-refractivity contribution in [2.45, 2.75) is 26.2 Å². The summed E-state index contributed by atoms with van der Waals surface area (Å²) in [5, 5.41) is 0. The lowest BCUT2D eigenvalue weighted by Crippen LogP contribution is -2.11. The largest absolute Gasteiger partial charge is 0.273 e. The molecule has 1 aromatic rings. The van der Waals surface area contributed by atoms with Gasteiger partial charge in [-0.25, -0.2) is 8.78 Å². The molecule has 0 radical (unpaired) electrons. The van der Waals surface area contributed by atoms with Gasteiger partial charge in [-0.2, -0.15) is 0 Å². The summed E-state index contributed by atoms with van der Waals surface area (Å²) in [6.07, 6.45) is -0.142. The first-order valence-corrected chi connectivity index (χ1v) is 4.01. The Balaban J connectivity index is 3.03. The number of hydrogen-bond acceptors (Lipinski definition) is 0. The maximum absolute atomic E-state index is 13.1. The highest BCUT2D eigenvalue weighted by Gasteiger charge is 2.28. The molecule has 2 heteroatoms. The van der Waals surface area contributed by atoms with Gasteiger partial charge in [0.2, 0.25) is 0 Å². The predicted molar refractivity (Wildman–Crippen MR) is 45.4 cm³/mol. The van der Waals surface area contributed by atoms with Gasteiger partial charge in [-0.05, 0) is 6.92 Å². The Labute approximate surface area is 71.2 Å². The quantitative estimate of drug-likeness (QED) is 0.637. The molecule has 0 saturated heterocycles. The first-order valence-electron chi connectivity index (χ1n) is 4.01. The molecule has 0 saturated carbocycles. The Bertz CT molecular complexity index is 266. The van der Waals surface area contributed by atoms with Crippen LogP contribution in [0.4, 0.5) is 8.78 Å². The van der Waals surface area contributed by atoms with Crippen LogP contribution < -0.4 is 0 Å². The number of rotatable bonds is 2. The summed E-state index contributed by atoms with van der Waals surface area (Å²) in [6.45, 7) is 3.30. The Morgan fingerprint density at radius 1 is 1.33 bits per heavy atom. The van der Waals surface area contributed by atoms with Crippen molar-refractivity contribution in [1.29, 1.82) is 0 Å². The molecule has 0 fully saturated rings. The van der Waals surface area contributed by atoms with Crippen LogP contribution in [0, 0.1) is 6.92 Å². The molecule has 0 aliphatic heterocycles. The average Bonchev–Trinajstić information content (AvgIpc) is 2.05. The third-order valence-electron chi connectivity index (χ3n) is 1.88. The summed E-state index contributed by atoms with van der Waals surface area (Å²) in [4.78, 5) is 0. The van der Waals surface area contributed by atoms with Crippen LogP contribution in [0.1, 0.15) is 24.5 Å². The minimum Gasteiger partial charge on any atom is -0.201 e. The molecule has 0 heterocycles. The molecule has 0 bridgehead atoms. The monoisotopic (exact) mass is 170 g/mol. The first kappa shape index (κ1) is 9.17. The van der Waals surface area contributed by atoms with E-state index in [1.54, 1.807) is 6.07 Å². The van der Waals surface area contributed by atoms with E-state index >= 15 is 0 Å². The molecule has 0 aliphatic rings. The lowest BCUT2D eigenvalue weighted by atomic mass is 10.0. The van der Waals surface area contributed by atoms with E-state index in [0.29, 0.717) is 0 Å². The van der Waals surface area contributed by atoms with E-state index < -0.39 is 5.92 Å². The fourth-order valence-corrected chi connectivity index (χ4v) is 1.08. The molecule has 12 heavy (non-hydrogen) atoms. The highest BCUT2D eigenvalue weighted by Crippen LogP contribution is 2.31. The smallest absolute Gasteiger partial charge is 0.201 e. The van der Waals surface area contributed by atoms with E-state index in [-0.39, 0.29) is 12.0 Å². The van der Waals surface area contributed by atoms with Crippen molar-refractivity contribution in [3.63, 3.8) is 0 Å². The van der Waals surface area contributed by atoms with Crippen LogP contribution >= 0.6 is 0 Å². The van der Waals surface area contributed by atoms with Gasteiger partial charge in [-0.15, -0.1) is 0 Å². The first-order chi connectivity index (χ1) is 5.56. The predicted octanol–water partition coefficient (Wildman–Crippen LogP) is 3.50. The van der Waals surface area contributed by atoms with Crippen molar-refractivity contribution >= 4 is 0 Å². The van der Waals surface area contributed by atoms with E-state index in [1.165, 1.54) is 19.1 Å². The third kappa shape index (κ3) is 1.81. The normalized spacial score (nSPS) is 11.7. The second kappa shape index (κ2) is 3.21. The summed E-state index contributed by atoms with van der Waals surface area (Å²) in [6, 6.07) is 6.48. The Morgan fingerprint density at radius 3 is 2.50 bits per heavy atom. The zero-order chi connectivity index (χ0) is 9.19. The average molecular weight is 170 g/mol. The van der Waals surface area contributed by atoms with Crippen molar-refractivity contribution in [3.8, 4) is 0 Å². The topological polar surface area (TPSA) is 0 Å². The zero-order valence-electron chi connectivity index (χ0n) is 7.27. The SMILES string of the molecule is CCC(F)(F)c1cccc(C)c1. The van der Waals surface area contributed by atoms with Crippen molar-refractivity contribution < 1.29 is 8.78 Å².